The third-order valence-electron chi connectivity index (χ3n) is 3.77. The van der Waals surface area contributed by atoms with Crippen molar-refractivity contribution in [2.45, 2.75) is 70.9 Å². The summed E-state index contributed by atoms with van der Waals surface area (Å²) in [6.07, 6.45) is 8.78. The second kappa shape index (κ2) is 10.9. The molecule has 0 aliphatic rings. The molecule has 3 nitrogen and oxygen atoms in total. The van der Waals surface area contributed by atoms with Gasteiger partial charge in [0.05, 0.1) is 6.04 Å². The van der Waals surface area contributed by atoms with E-state index in [4.69, 9.17) is 22.2 Å². The van der Waals surface area contributed by atoms with Crippen LogP contribution in [0.4, 0.5) is 0 Å². The monoisotopic (exact) mass is 312 g/mol. The van der Waals surface area contributed by atoms with Crippen LogP contribution in [-0.4, -0.2) is 12.1 Å². The van der Waals surface area contributed by atoms with E-state index in [1.54, 1.807) is 0 Å². The van der Waals surface area contributed by atoms with Crippen molar-refractivity contribution in [1.29, 1.82) is 0 Å². The van der Waals surface area contributed by atoms with E-state index in [0.29, 0.717) is 5.02 Å². The Balaban J connectivity index is 2.30. The Kier molecular flexibility index (Phi) is 9.48. The zero-order valence-electron chi connectivity index (χ0n) is 13.3. The summed E-state index contributed by atoms with van der Waals surface area (Å²) >= 11 is 5.97. The van der Waals surface area contributed by atoms with E-state index in [-0.39, 0.29) is 12.1 Å². The minimum atomic E-state index is 0.0177. The Bertz CT molecular complexity index is 387. The fourth-order valence-corrected chi connectivity index (χ4v) is 2.62. The molecule has 0 fully saturated rings. The van der Waals surface area contributed by atoms with Crippen molar-refractivity contribution < 1.29 is 4.74 Å². The molecule has 0 aliphatic carbocycles. The molecule has 4 heteroatoms. The summed E-state index contributed by atoms with van der Waals surface area (Å²) in [5, 5.41) is 0.688. The van der Waals surface area contributed by atoms with E-state index in [1.165, 1.54) is 38.5 Å². The average Bonchev–Trinajstić information content (AvgIpc) is 2.46. The lowest BCUT2D eigenvalue weighted by Crippen LogP contribution is -2.45. The van der Waals surface area contributed by atoms with Crippen LogP contribution in [0, 0.1) is 0 Å². The van der Waals surface area contributed by atoms with Crippen LogP contribution < -0.4 is 16.0 Å². The van der Waals surface area contributed by atoms with Crippen LogP contribution in [0.3, 0.4) is 0 Å². The van der Waals surface area contributed by atoms with Gasteiger partial charge in [0.15, 0.2) is 0 Å². The maximum Gasteiger partial charge on any atom is 0.121 e. The number of ether oxygens (including phenoxy) is 1. The Morgan fingerprint density at radius 2 is 1.90 bits per heavy atom. The fourth-order valence-electron chi connectivity index (χ4n) is 2.44. The molecule has 120 valence electrons. The molecule has 0 spiro atoms. The molecule has 21 heavy (non-hydrogen) atoms. The van der Waals surface area contributed by atoms with Gasteiger partial charge in [0.2, 0.25) is 0 Å². The van der Waals surface area contributed by atoms with Gasteiger partial charge in [-0.2, -0.15) is 0 Å². The topological polar surface area (TPSA) is 47.3 Å². The minimum Gasteiger partial charge on any atom is -0.489 e. The number of halogens is 1. The van der Waals surface area contributed by atoms with Crippen molar-refractivity contribution in [3.63, 3.8) is 0 Å². The number of unbranched alkanes of at least 4 members (excludes halogenated alkanes) is 5. The van der Waals surface area contributed by atoms with Crippen LogP contribution in [0.1, 0.15) is 58.8 Å². The van der Waals surface area contributed by atoms with E-state index >= 15 is 0 Å². The maximum atomic E-state index is 5.97. The first-order valence-electron chi connectivity index (χ1n) is 8.05. The molecule has 1 aromatic carbocycles. The predicted molar refractivity (Wildman–Crippen MR) is 90.6 cm³/mol. The SMILES string of the molecule is CCCCCCCCC(NN)C(C)Oc1cccc(Cl)c1. The Labute approximate surface area is 134 Å². The third kappa shape index (κ3) is 7.70. The summed E-state index contributed by atoms with van der Waals surface area (Å²) in [7, 11) is 0. The number of hydrazine groups is 1. The quantitative estimate of drug-likeness (QED) is 0.354. The van der Waals surface area contributed by atoms with Crippen molar-refractivity contribution in [3.05, 3.63) is 29.3 Å². The number of nitrogens with two attached hydrogens (primary N) is 1. The molecule has 0 saturated carbocycles. The summed E-state index contributed by atoms with van der Waals surface area (Å²) in [5.74, 6) is 6.45. The molecule has 0 aliphatic heterocycles. The van der Waals surface area contributed by atoms with Gasteiger partial charge in [-0.25, -0.2) is 0 Å². The van der Waals surface area contributed by atoms with Gasteiger partial charge in [-0.3, -0.25) is 11.3 Å². The Hall–Kier alpha value is -0.770. The van der Waals surface area contributed by atoms with Crippen molar-refractivity contribution in [2.75, 3.05) is 0 Å². The summed E-state index contributed by atoms with van der Waals surface area (Å²) < 4.78 is 5.92. The lowest BCUT2D eigenvalue weighted by Gasteiger charge is -2.24. The molecule has 0 bridgehead atoms. The molecule has 0 amide bonds. The first-order valence-corrected chi connectivity index (χ1v) is 8.43. The molecule has 2 atom stereocenters. The maximum absolute atomic E-state index is 5.97. The standard InChI is InChI=1S/C17H29ClN2O/c1-3-4-5-6-7-8-12-17(20-19)14(2)21-16-11-9-10-15(18)13-16/h9-11,13-14,17,20H,3-8,12,19H2,1-2H3. The molecule has 0 aromatic heterocycles. The molecular weight excluding hydrogens is 284 g/mol. The van der Waals surface area contributed by atoms with Gasteiger partial charge in [0.1, 0.15) is 11.9 Å². The van der Waals surface area contributed by atoms with Crippen LogP contribution in [0.25, 0.3) is 0 Å². The molecule has 1 aromatic rings. The Morgan fingerprint density at radius 1 is 1.19 bits per heavy atom. The van der Waals surface area contributed by atoms with Crippen LogP contribution in [0.15, 0.2) is 24.3 Å². The zero-order valence-corrected chi connectivity index (χ0v) is 14.0. The van der Waals surface area contributed by atoms with E-state index in [0.717, 1.165) is 12.2 Å². The predicted octanol–water partition coefficient (Wildman–Crippen LogP) is 4.69. The van der Waals surface area contributed by atoms with Crippen molar-refractivity contribution >= 4 is 11.6 Å². The molecule has 0 heterocycles. The van der Waals surface area contributed by atoms with Crippen LogP contribution in [0.5, 0.6) is 5.75 Å². The summed E-state index contributed by atoms with van der Waals surface area (Å²) in [4.78, 5) is 0. The van der Waals surface area contributed by atoms with Gasteiger partial charge in [0.25, 0.3) is 0 Å². The van der Waals surface area contributed by atoms with Crippen LogP contribution >= 0.6 is 11.6 Å². The van der Waals surface area contributed by atoms with E-state index in [2.05, 4.69) is 12.3 Å². The lowest BCUT2D eigenvalue weighted by molar-refractivity contribution is 0.163. The second-order valence-corrected chi connectivity index (χ2v) is 6.05. The molecule has 2 unspecified atom stereocenters. The summed E-state index contributed by atoms with van der Waals surface area (Å²) in [6, 6.07) is 7.64. The number of hydrogen-bond acceptors (Lipinski definition) is 3. The highest BCUT2D eigenvalue weighted by molar-refractivity contribution is 6.30. The van der Waals surface area contributed by atoms with E-state index < -0.39 is 0 Å². The largest absolute Gasteiger partial charge is 0.489 e. The number of rotatable bonds is 11. The van der Waals surface area contributed by atoms with Gasteiger partial charge in [0, 0.05) is 5.02 Å². The summed E-state index contributed by atoms with van der Waals surface area (Å²) in [5.41, 5.74) is 2.88. The van der Waals surface area contributed by atoms with E-state index in [9.17, 15) is 0 Å². The highest BCUT2D eigenvalue weighted by atomic mass is 35.5. The highest BCUT2D eigenvalue weighted by Gasteiger charge is 2.17. The number of benzene rings is 1. The van der Waals surface area contributed by atoms with Crippen molar-refractivity contribution in [3.8, 4) is 5.75 Å². The molecule has 1 rings (SSSR count). The van der Waals surface area contributed by atoms with Gasteiger partial charge in [-0.1, -0.05) is 63.1 Å². The smallest absolute Gasteiger partial charge is 0.121 e. The second-order valence-electron chi connectivity index (χ2n) is 5.61. The van der Waals surface area contributed by atoms with Gasteiger partial charge >= 0.3 is 0 Å². The molecule has 0 saturated heterocycles. The van der Waals surface area contributed by atoms with Crippen molar-refractivity contribution in [2.24, 2.45) is 5.84 Å². The molecule has 3 N–H and O–H groups in total. The minimum absolute atomic E-state index is 0.0177. The van der Waals surface area contributed by atoms with Crippen molar-refractivity contribution in [1.82, 2.24) is 5.43 Å². The highest BCUT2D eigenvalue weighted by Crippen LogP contribution is 2.20. The fraction of sp³-hybridized carbons (Fsp3) is 0.647. The third-order valence-corrected chi connectivity index (χ3v) is 4.00. The molecule has 0 radical (unpaired) electrons. The lowest BCUT2D eigenvalue weighted by atomic mass is 10.0. The van der Waals surface area contributed by atoms with Crippen LogP contribution in [0.2, 0.25) is 5.02 Å². The van der Waals surface area contributed by atoms with E-state index in [1.807, 2.05) is 31.2 Å². The summed E-state index contributed by atoms with van der Waals surface area (Å²) in [6.45, 7) is 4.28. The number of hydrogen-bond donors (Lipinski definition) is 2. The first-order chi connectivity index (χ1) is 10.2. The zero-order chi connectivity index (χ0) is 15.5. The van der Waals surface area contributed by atoms with Gasteiger partial charge in [-0.15, -0.1) is 0 Å². The Morgan fingerprint density at radius 3 is 2.57 bits per heavy atom. The molecular formula is C17H29ClN2O. The number of nitrogens with one attached hydrogen (secondary N) is 1. The average molecular weight is 313 g/mol. The van der Waals surface area contributed by atoms with Gasteiger partial charge < -0.3 is 4.74 Å². The normalized spacial score (nSPS) is 13.9. The van der Waals surface area contributed by atoms with Crippen LogP contribution in [-0.2, 0) is 0 Å². The first kappa shape index (κ1) is 18.3. The van der Waals surface area contributed by atoms with Gasteiger partial charge in [-0.05, 0) is 31.5 Å².